The molecule has 1 saturated carbocycles. The molecule has 1 aromatic rings. The maximum atomic E-state index is 12.5. The topological polar surface area (TPSA) is 64.7 Å². The lowest BCUT2D eigenvalue weighted by atomic mass is 9.95. The Morgan fingerprint density at radius 2 is 1.65 bits per heavy atom. The van der Waals surface area contributed by atoms with E-state index in [0.717, 1.165) is 25.9 Å². The van der Waals surface area contributed by atoms with E-state index in [0.29, 0.717) is 13.1 Å². The van der Waals surface area contributed by atoms with E-state index in [1.807, 2.05) is 18.2 Å². The monoisotopic (exact) mass is 358 g/mol. The van der Waals surface area contributed by atoms with E-state index in [9.17, 15) is 9.59 Å². The molecule has 1 heterocycles. The van der Waals surface area contributed by atoms with Gasteiger partial charge in [-0.2, -0.15) is 0 Å². The van der Waals surface area contributed by atoms with Gasteiger partial charge in [-0.3, -0.25) is 4.79 Å². The second-order valence-electron chi connectivity index (χ2n) is 7.32. The summed E-state index contributed by atoms with van der Waals surface area (Å²) in [7, 11) is 0. The van der Waals surface area contributed by atoms with Gasteiger partial charge in [-0.1, -0.05) is 37.5 Å². The minimum absolute atomic E-state index is 0.0758. The van der Waals surface area contributed by atoms with Gasteiger partial charge in [-0.25, -0.2) is 4.79 Å². The number of piperazine rings is 1. The largest absolute Gasteiger partial charge is 0.368 e. The second-order valence-corrected chi connectivity index (χ2v) is 7.32. The van der Waals surface area contributed by atoms with Crippen molar-refractivity contribution >= 4 is 17.6 Å². The lowest BCUT2D eigenvalue weighted by Gasteiger charge is -2.36. The minimum atomic E-state index is -0.503. The fourth-order valence-corrected chi connectivity index (χ4v) is 3.72. The SMILES string of the molecule is C[C@@H](NC(=O)N1CCN(c2ccccc2)CC1)C(=O)NC1CCCCC1. The number of carbonyl (C=O) groups excluding carboxylic acids is 2. The number of anilines is 1. The smallest absolute Gasteiger partial charge is 0.318 e. The predicted molar refractivity (Wildman–Crippen MR) is 103 cm³/mol. The van der Waals surface area contributed by atoms with Crippen molar-refractivity contribution in [1.29, 1.82) is 0 Å². The average molecular weight is 358 g/mol. The molecule has 1 aliphatic heterocycles. The Hall–Kier alpha value is -2.24. The third-order valence-corrected chi connectivity index (χ3v) is 5.37. The third kappa shape index (κ3) is 4.90. The summed E-state index contributed by atoms with van der Waals surface area (Å²) in [5, 5.41) is 5.93. The van der Waals surface area contributed by atoms with E-state index in [4.69, 9.17) is 0 Å². The Kier molecular flexibility index (Phi) is 6.36. The van der Waals surface area contributed by atoms with Crippen LogP contribution in [0.5, 0.6) is 0 Å². The number of nitrogens with zero attached hydrogens (tertiary/aromatic N) is 2. The lowest BCUT2D eigenvalue weighted by molar-refractivity contribution is -0.123. The van der Waals surface area contributed by atoms with Crippen molar-refractivity contribution in [2.75, 3.05) is 31.1 Å². The molecule has 1 atom stereocenters. The first-order valence-electron chi connectivity index (χ1n) is 9.79. The Bertz CT molecular complexity index is 593. The highest BCUT2D eigenvalue weighted by atomic mass is 16.2. The lowest BCUT2D eigenvalue weighted by Crippen LogP contribution is -2.56. The molecule has 0 unspecified atom stereocenters. The van der Waals surface area contributed by atoms with Crippen LogP contribution in [0.25, 0.3) is 0 Å². The van der Waals surface area contributed by atoms with Crippen LogP contribution in [0.15, 0.2) is 30.3 Å². The number of rotatable bonds is 4. The van der Waals surface area contributed by atoms with E-state index >= 15 is 0 Å². The Morgan fingerprint density at radius 1 is 1.00 bits per heavy atom. The highest BCUT2D eigenvalue weighted by molar-refractivity contribution is 5.87. The fourth-order valence-electron chi connectivity index (χ4n) is 3.72. The van der Waals surface area contributed by atoms with Crippen LogP contribution in [-0.4, -0.2) is 55.1 Å². The second kappa shape index (κ2) is 8.92. The molecule has 26 heavy (non-hydrogen) atoms. The molecule has 1 saturated heterocycles. The molecule has 0 bridgehead atoms. The molecule has 1 aromatic carbocycles. The van der Waals surface area contributed by atoms with Crippen LogP contribution in [0, 0.1) is 0 Å². The number of hydrogen-bond donors (Lipinski definition) is 2. The fraction of sp³-hybridized carbons (Fsp3) is 0.600. The number of carbonyl (C=O) groups is 2. The zero-order valence-electron chi connectivity index (χ0n) is 15.6. The molecule has 0 radical (unpaired) electrons. The molecular formula is C20H30N4O2. The Labute approximate surface area is 155 Å². The van der Waals surface area contributed by atoms with E-state index in [2.05, 4.69) is 27.7 Å². The molecule has 3 amide bonds. The molecule has 2 aliphatic rings. The van der Waals surface area contributed by atoms with Gasteiger partial charge in [0.05, 0.1) is 0 Å². The number of urea groups is 1. The van der Waals surface area contributed by atoms with E-state index in [-0.39, 0.29) is 18.0 Å². The van der Waals surface area contributed by atoms with Gasteiger partial charge in [-0.05, 0) is 31.9 Å². The van der Waals surface area contributed by atoms with Gasteiger partial charge in [0.2, 0.25) is 5.91 Å². The third-order valence-electron chi connectivity index (χ3n) is 5.37. The summed E-state index contributed by atoms with van der Waals surface area (Å²) in [6, 6.07) is 9.86. The number of benzene rings is 1. The van der Waals surface area contributed by atoms with Crippen LogP contribution in [0.4, 0.5) is 10.5 Å². The molecule has 1 aliphatic carbocycles. The molecule has 2 N–H and O–H groups in total. The highest BCUT2D eigenvalue weighted by Gasteiger charge is 2.25. The van der Waals surface area contributed by atoms with Crippen molar-refractivity contribution in [2.24, 2.45) is 0 Å². The van der Waals surface area contributed by atoms with Crippen LogP contribution in [-0.2, 0) is 4.79 Å². The summed E-state index contributed by atoms with van der Waals surface area (Å²) in [4.78, 5) is 28.9. The van der Waals surface area contributed by atoms with Crippen LogP contribution in [0.3, 0.4) is 0 Å². The van der Waals surface area contributed by atoms with Crippen molar-refractivity contribution in [2.45, 2.75) is 51.1 Å². The van der Waals surface area contributed by atoms with Gasteiger partial charge in [0, 0.05) is 37.9 Å². The molecule has 142 valence electrons. The van der Waals surface area contributed by atoms with Crippen molar-refractivity contribution in [1.82, 2.24) is 15.5 Å². The normalized spacial score (nSPS) is 19.7. The summed E-state index contributed by atoms with van der Waals surface area (Å²) in [5.74, 6) is -0.0758. The molecule has 0 spiro atoms. The zero-order valence-corrected chi connectivity index (χ0v) is 15.6. The van der Waals surface area contributed by atoms with Gasteiger partial charge < -0.3 is 20.4 Å². The summed E-state index contributed by atoms with van der Waals surface area (Å²) >= 11 is 0. The first-order chi connectivity index (χ1) is 12.6. The molecule has 6 heteroatoms. The molecule has 6 nitrogen and oxygen atoms in total. The van der Waals surface area contributed by atoms with Gasteiger partial charge in [0.15, 0.2) is 0 Å². The Morgan fingerprint density at radius 3 is 2.31 bits per heavy atom. The number of nitrogens with one attached hydrogen (secondary N) is 2. The standard InChI is InChI=1S/C20H30N4O2/c1-16(19(25)22-17-8-4-2-5-9-17)21-20(26)24-14-12-23(13-15-24)18-10-6-3-7-11-18/h3,6-7,10-11,16-17H,2,4-5,8-9,12-15H2,1H3,(H,21,26)(H,22,25)/t16-/m1/s1. The summed E-state index contributed by atoms with van der Waals surface area (Å²) < 4.78 is 0. The number of para-hydroxylation sites is 1. The first kappa shape index (κ1) is 18.5. The van der Waals surface area contributed by atoms with Crippen molar-refractivity contribution in [3.05, 3.63) is 30.3 Å². The van der Waals surface area contributed by atoms with E-state index in [1.165, 1.54) is 24.9 Å². The van der Waals surface area contributed by atoms with Crippen LogP contribution >= 0.6 is 0 Å². The average Bonchev–Trinajstić information content (AvgIpc) is 2.69. The van der Waals surface area contributed by atoms with E-state index < -0.39 is 6.04 Å². The van der Waals surface area contributed by atoms with Gasteiger partial charge in [0.25, 0.3) is 0 Å². The minimum Gasteiger partial charge on any atom is -0.368 e. The van der Waals surface area contributed by atoms with Gasteiger partial charge >= 0.3 is 6.03 Å². The summed E-state index contributed by atoms with van der Waals surface area (Å²) in [6.45, 7) is 4.70. The number of hydrogen-bond acceptors (Lipinski definition) is 3. The van der Waals surface area contributed by atoms with Gasteiger partial charge in [-0.15, -0.1) is 0 Å². The van der Waals surface area contributed by atoms with E-state index in [1.54, 1.807) is 11.8 Å². The highest BCUT2D eigenvalue weighted by Crippen LogP contribution is 2.18. The predicted octanol–water partition coefficient (Wildman–Crippen LogP) is 2.36. The maximum absolute atomic E-state index is 12.5. The molecule has 2 fully saturated rings. The number of amides is 3. The van der Waals surface area contributed by atoms with Crippen LogP contribution < -0.4 is 15.5 Å². The molecule has 3 rings (SSSR count). The summed E-state index contributed by atoms with van der Waals surface area (Å²) in [6.07, 6.45) is 5.71. The first-order valence-corrected chi connectivity index (χ1v) is 9.79. The van der Waals surface area contributed by atoms with Crippen molar-refractivity contribution < 1.29 is 9.59 Å². The summed E-state index contributed by atoms with van der Waals surface area (Å²) in [5.41, 5.74) is 1.19. The van der Waals surface area contributed by atoms with Crippen LogP contribution in [0.1, 0.15) is 39.0 Å². The Balaban J connectivity index is 1.42. The quantitative estimate of drug-likeness (QED) is 0.868. The van der Waals surface area contributed by atoms with Crippen LogP contribution in [0.2, 0.25) is 0 Å². The zero-order chi connectivity index (χ0) is 18.4. The van der Waals surface area contributed by atoms with Crippen molar-refractivity contribution in [3.63, 3.8) is 0 Å². The van der Waals surface area contributed by atoms with Crippen molar-refractivity contribution in [3.8, 4) is 0 Å². The molecule has 0 aromatic heterocycles. The van der Waals surface area contributed by atoms with Gasteiger partial charge in [0.1, 0.15) is 6.04 Å². The maximum Gasteiger partial charge on any atom is 0.318 e. The molecular weight excluding hydrogens is 328 g/mol.